The molecule has 2 atom stereocenters. The van der Waals surface area contributed by atoms with Gasteiger partial charge in [-0.2, -0.15) is 0 Å². The Kier molecular flexibility index (Phi) is 3.59. The quantitative estimate of drug-likeness (QED) is 0.831. The van der Waals surface area contributed by atoms with E-state index >= 15 is 0 Å². The largest absolute Gasteiger partial charge is 0.342 e. The van der Waals surface area contributed by atoms with Crippen molar-refractivity contribution in [2.75, 3.05) is 13.1 Å². The van der Waals surface area contributed by atoms with Gasteiger partial charge in [-0.15, -0.1) is 0 Å². The molecule has 1 N–H and O–H groups in total. The number of likely N-dealkylation sites (tertiary alicyclic amines) is 1. The van der Waals surface area contributed by atoms with E-state index in [9.17, 15) is 4.79 Å². The van der Waals surface area contributed by atoms with Gasteiger partial charge in [0, 0.05) is 31.6 Å². The molecule has 0 aromatic carbocycles. The third kappa shape index (κ3) is 3.13. The molecule has 3 heteroatoms. The van der Waals surface area contributed by atoms with Crippen LogP contribution < -0.4 is 5.32 Å². The van der Waals surface area contributed by atoms with Gasteiger partial charge >= 0.3 is 0 Å². The van der Waals surface area contributed by atoms with Crippen LogP contribution in [0, 0.1) is 11.3 Å². The fourth-order valence-electron chi connectivity index (χ4n) is 4.35. The third-order valence-electron chi connectivity index (χ3n) is 5.29. The molecule has 3 aliphatic heterocycles. The first kappa shape index (κ1) is 13.4. The van der Waals surface area contributed by atoms with Crippen molar-refractivity contribution in [3.63, 3.8) is 0 Å². The van der Waals surface area contributed by atoms with E-state index in [-0.39, 0.29) is 0 Å². The van der Waals surface area contributed by atoms with Crippen LogP contribution in [0.4, 0.5) is 0 Å². The summed E-state index contributed by atoms with van der Waals surface area (Å²) in [5.41, 5.74) is 0.320. The zero-order valence-corrected chi connectivity index (χ0v) is 12.5. The maximum absolute atomic E-state index is 12.5. The molecule has 0 saturated carbocycles. The van der Waals surface area contributed by atoms with E-state index in [1.54, 1.807) is 0 Å². The lowest BCUT2D eigenvalue weighted by Crippen LogP contribution is -2.45. The van der Waals surface area contributed by atoms with Gasteiger partial charge in [-0.1, -0.05) is 13.8 Å². The molecule has 3 rings (SSSR count). The number of piperidine rings is 2. The van der Waals surface area contributed by atoms with Gasteiger partial charge in [0.05, 0.1) is 0 Å². The molecule has 3 aliphatic rings. The Bertz CT molecular complexity index is 341. The smallest absolute Gasteiger partial charge is 0.222 e. The Balaban J connectivity index is 1.53. The number of carbonyl (C=O) groups excluding carboxylic acids is 1. The van der Waals surface area contributed by atoms with E-state index in [4.69, 9.17) is 0 Å². The second-order valence-electron chi connectivity index (χ2n) is 7.76. The van der Waals surface area contributed by atoms with Crippen LogP contribution in [-0.4, -0.2) is 36.0 Å². The van der Waals surface area contributed by atoms with Gasteiger partial charge in [-0.05, 0) is 49.9 Å². The zero-order chi connectivity index (χ0) is 13.5. The summed E-state index contributed by atoms with van der Waals surface area (Å²) in [6.45, 7) is 6.53. The van der Waals surface area contributed by atoms with Crippen molar-refractivity contribution in [1.82, 2.24) is 10.2 Å². The van der Waals surface area contributed by atoms with Crippen LogP contribution >= 0.6 is 0 Å². The molecule has 3 heterocycles. The normalized spacial score (nSPS) is 37.4. The average Bonchev–Trinajstić information content (AvgIpc) is 2.67. The maximum Gasteiger partial charge on any atom is 0.222 e. The standard InChI is InChI=1S/C16H28N2O/c1-16(2)6-3-7-18(11-16)15(19)10-12-8-13-4-5-14(9-12)17-13/h12-14,17H,3-11H2,1-2H3. The topological polar surface area (TPSA) is 32.3 Å². The highest BCUT2D eigenvalue weighted by Gasteiger charge is 2.36. The lowest BCUT2D eigenvalue weighted by atomic mass is 9.83. The molecule has 0 spiro atoms. The van der Waals surface area contributed by atoms with Crippen LogP contribution in [0.15, 0.2) is 0 Å². The molecule has 3 nitrogen and oxygen atoms in total. The number of nitrogens with zero attached hydrogens (tertiary/aromatic N) is 1. The van der Waals surface area contributed by atoms with Crippen LogP contribution in [0.25, 0.3) is 0 Å². The molecular formula is C16H28N2O. The van der Waals surface area contributed by atoms with Gasteiger partial charge in [0.25, 0.3) is 0 Å². The van der Waals surface area contributed by atoms with Gasteiger partial charge in [0.1, 0.15) is 0 Å². The molecule has 0 radical (unpaired) electrons. The Hall–Kier alpha value is -0.570. The molecule has 1 amide bonds. The first-order chi connectivity index (χ1) is 9.02. The van der Waals surface area contributed by atoms with Crippen molar-refractivity contribution in [2.24, 2.45) is 11.3 Å². The lowest BCUT2D eigenvalue weighted by Gasteiger charge is -2.39. The van der Waals surface area contributed by atoms with Crippen LogP contribution in [0.3, 0.4) is 0 Å². The number of carbonyl (C=O) groups is 1. The summed E-state index contributed by atoms with van der Waals surface area (Å²) in [5, 5.41) is 3.66. The number of hydrogen-bond acceptors (Lipinski definition) is 2. The summed E-state index contributed by atoms with van der Waals surface area (Å²) in [4.78, 5) is 14.6. The van der Waals surface area contributed by atoms with Crippen molar-refractivity contribution < 1.29 is 4.79 Å². The number of amides is 1. The summed E-state index contributed by atoms with van der Waals surface area (Å²) < 4.78 is 0. The number of fused-ring (bicyclic) bond motifs is 2. The summed E-state index contributed by atoms with van der Waals surface area (Å²) in [6, 6.07) is 1.41. The Labute approximate surface area is 117 Å². The van der Waals surface area contributed by atoms with Crippen molar-refractivity contribution >= 4 is 5.91 Å². The predicted octanol–water partition coefficient (Wildman–Crippen LogP) is 2.56. The SMILES string of the molecule is CC1(C)CCCN(C(=O)CC2CC3CCC(C2)N3)C1. The molecule has 3 saturated heterocycles. The fourth-order valence-corrected chi connectivity index (χ4v) is 4.35. The first-order valence-corrected chi connectivity index (χ1v) is 8.06. The number of rotatable bonds is 2. The highest BCUT2D eigenvalue weighted by Crippen LogP contribution is 2.34. The van der Waals surface area contributed by atoms with Crippen molar-refractivity contribution in [3.05, 3.63) is 0 Å². The van der Waals surface area contributed by atoms with E-state index in [2.05, 4.69) is 24.1 Å². The van der Waals surface area contributed by atoms with E-state index in [0.29, 0.717) is 29.3 Å². The highest BCUT2D eigenvalue weighted by molar-refractivity contribution is 5.76. The van der Waals surface area contributed by atoms with Gasteiger partial charge in [0.15, 0.2) is 0 Å². The van der Waals surface area contributed by atoms with Crippen molar-refractivity contribution in [3.8, 4) is 0 Å². The van der Waals surface area contributed by atoms with Gasteiger partial charge in [-0.3, -0.25) is 4.79 Å². The molecule has 19 heavy (non-hydrogen) atoms. The number of hydrogen-bond donors (Lipinski definition) is 1. The Morgan fingerprint density at radius 2 is 1.95 bits per heavy atom. The molecule has 108 valence electrons. The fraction of sp³-hybridized carbons (Fsp3) is 0.938. The minimum Gasteiger partial charge on any atom is -0.342 e. The third-order valence-corrected chi connectivity index (χ3v) is 5.29. The van der Waals surface area contributed by atoms with E-state index in [1.807, 2.05) is 0 Å². The van der Waals surface area contributed by atoms with Crippen molar-refractivity contribution in [2.45, 2.75) is 70.9 Å². The Morgan fingerprint density at radius 3 is 2.58 bits per heavy atom. The Morgan fingerprint density at radius 1 is 1.26 bits per heavy atom. The lowest BCUT2D eigenvalue weighted by molar-refractivity contribution is -0.135. The highest BCUT2D eigenvalue weighted by atomic mass is 16.2. The van der Waals surface area contributed by atoms with Gasteiger partial charge in [-0.25, -0.2) is 0 Å². The summed E-state index contributed by atoms with van der Waals surface area (Å²) >= 11 is 0. The molecular weight excluding hydrogens is 236 g/mol. The van der Waals surface area contributed by atoms with Crippen LogP contribution in [-0.2, 0) is 4.79 Å². The molecule has 0 aromatic heterocycles. The molecule has 3 fully saturated rings. The number of nitrogens with one attached hydrogen (secondary N) is 1. The summed E-state index contributed by atoms with van der Waals surface area (Å²) in [6.07, 6.45) is 8.33. The molecule has 0 aromatic rings. The van der Waals surface area contributed by atoms with Gasteiger partial charge in [0.2, 0.25) is 5.91 Å². The van der Waals surface area contributed by atoms with E-state index < -0.39 is 0 Å². The molecule has 2 bridgehead atoms. The van der Waals surface area contributed by atoms with E-state index in [1.165, 1.54) is 38.5 Å². The molecule has 2 unspecified atom stereocenters. The molecule has 0 aliphatic carbocycles. The maximum atomic E-state index is 12.5. The van der Waals surface area contributed by atoms with Crippen molar-refractivity contribution in [1.29, 1.82) is 0 Å². The van der Waals surface area contributed by atoms with Crippen LogP contribution in [0.2, 0.25) is 0 Å². The summed E-state index contributed by atoms with van der Waals surface area (Å²) in [5.74, 6) is 1.05. The minimum atomic E-state index is 0.320. The zero-order valence-electron chi connectivity index (χ0n) is 12.5. The minimum absolute atomic E-state index is 0.320. The monoisotopic (exact) mass is 264 g/mol. The summed E-state index contributed by atoms with van der Waals surface area (Å²) in [7, 11) is 0. The second kappa shape index (κ2) is 5.08. The second-order valence-corrected chi connectivity index (χ2v) is 7.76. The average molecular weight is 264 g/mol. The van der Waals surface area contributed by atoms with Gasteiger partial charge < -0.3 is 10.2 Å². The van der Waals surface area contributed by atoms with E-state index in [0.717, 1.165) is 19.5 Å². The first-order valence-electron chi connectivity index (χ1n) is 8.06. The van der Waals surface area contributed by atoms with Crippen LogP contribution in [0.1, 0.15) is 58.8 Å². The van der Waals surface area contributed by atoms with Crippen LogP contribution in [0.5, 0.6) is 0 Å². The predicted molar refractivity (Wildman–Crippen MR) is 76.9 cm³/mol.